The zero-order valence-corrected chi connectivity index (χ0v) is 32.0. The molecule has 12 rings (SSSR count). The SMILES string of the molecule is CC1(C)c2ccccc2-c2ccc3c(sc4c5ccccc5c(-c5c6ccccc6c(-c6cc7ccccc7cc6-c6ccccc6)c6ccccc56)cc34)c21. The minimum atomic E-state index is -0.0749. The second-order valence-corrected chi connectivity index (χ2v) is 17.0. The van der Waals surface area contributed by atoms with Crippen LogP contribution >= 0.6 is 11.3 Å². The Labute approximate surface area is 329 Å². The Balaban J connectivity index is 1.20. The normalized spacial score (nSPS) is 13.3. The van der Waals surface area contributed by atoms with Gasteiger partial charge in [0.15, 0.2) is 0 Å². The van der Waals surface area contributed by atoms with E-state index in [9.17, 15) is 0 Å². The molecular weight excluding hydrogens is 693 g/mol. The maximum atomic E-state index is 2.53. The topological polar surface area (TPSA) is 0 Å². The van der Waals surface area contributed by atoms with Crippen molar-refractivity contribution < 1.29 is 0 Å². The van der Waals surface area contributed by atoms with E-state index in [2.05, 4.69) is 196 Å². The predicted molar refractivity (Wildman–Crippen MR) is 243 cm³/mol. The van der Waals surface area contributed by atoms with Gasteiger partial charge < -0.3 is 0 Å². The summed E-state index contributed by atoms with van der Waals surface area (Å²) in [5.74, 6) is 0. The first-order chi connectivity index (χ1) is 27.6. The molecule has 0 atom stereocenters. The standard InChI is InChI=1S/C55H36S/c1-55(2)49-27-15-14-21-37(49)42-28-29-44-48-32-47(36-20-8-13-26-43(36)53(48)56-54(44)52(42)55)51-40-24-11-9-22-38(40)50(39-23-10-12-25-41(39)51)46-31-35-19-7-6-18-34(35)30-45(46)33-16-4-3-5-17-33/h3-32H,1-2H3. The third kappa shape index (κ3) is 4.35. The molecule has 0 aliphatic heterocycles. The predicted octanol–water partition coefficient (Wildman–Crippen LogP) is 16.0. The molecule has 262 valence electrons. The fourth-order valence-electron chi connectivity index (χ4n) is 10.1. The van der Waals surface area contributed by atoms with Gasteiger partial charge in [-0.1, -0.05) is 178 Å². The molecule has 1 aromatic heterocycles. The molecule has 11 aromatic rings. The molecule has 1 heteroatoms. The smallest absolute Gasteiger partial charge is 0.0434 e. The van der Waals surface area contributed by atoms with Crippen molar-refractivity contribution in [2.24, 2.45) is 0 Å². The van der Waals surface area contributed by atoms with Crippen LogP contribution in [0.5, 0.6) is 0 Å². The average Bonchev–Trinajstić information content (AvgIpc) is 3.74. The van der Waals surface area contributed by atoms with Crippen LogP contribution in [0.1, 0.15) is 25.0 Å². The first-order valence-corrected chi connectivity index (χ1v) is 20.4. The lowest BCUT2D eigenvalue weighted by molar-refractivity contribution is 0.667. The summed E-state index contributed by atoms with van der Waals surface area (Å²) in [6, 6.07) is 68.1. The van der Waals surface area contributed by atoms with E-state index in [1.54, 1.807) is 0 Å². The van der Waals surface area contributed by atoms with Crippen LogP contribution in [0, 0.1) is 0 Å². The van der Waals surface area contributed by atoms with Crippen molar-refractivity contribution in [1.29, 1.82) is 0 Å². The van der Waals surface area contributed by atoms with E-state index < -0.39 is 0 Å². The van der Waals surface area contributed by atoms with Crippen molar-refractivity contribution in [3.63, 3.8) is 0 Å². The Morgan fingerprint density at radius 2 is 0.857 bits per heavy atom. The van der Waals surface area contributed by atoms with Crippen molar-refractivity contribution in [3.05, 3.63) is 193 Å². The second kappa shape index (κ2) is 11.7. The van der Waals surface area contributed by atoms with Gasteiger partial charge in [-0.25, -0.2) is 0 Å². The van der Waals surface area contributed by atoms with Gasteiger partial charge in [-0.2, -0.15) is 0 Å². The molecular formula is C55H36S. The minimum Gasteiger partial charge on any atom is -0.134 e. The van der Waals surface area contributed by atoms with Crippen LogP contribution in [0.15, 0.2) is 182 Å². The van der Waals surface area contributed by atoms with Crippen molar-refractivity contribution in [3.8, 4) is 44.5 Å². The van der Waals surface area contributed by atoms with Crippen molar-refractivity contribution in [2.45, 2.75) is 19.3 Å². The largest absolute Gasteiger partial charge is 0.134 e. The second-order valence-electron chi connectivity index (χ2n) is 15.9. The van der Waals surface area contributed by atoms with Gasteiger partial charge in [0.25, 0.3) is 0 Å². The van der Waals surface area contributed by atoms with E-state index in [4.69, 9.17) is 0 Å². The average molecular weight is 729 g/mol. The van der Waals surface area contributed by atoms with Crippen LogP contribution in [-0.4, -0.2) is 0 Å². The highest BCUT2D eigenvalue weighted by molar-refractivity contribution is 7.27. The zero-order chi connectivity index (χ0) is 37.1. The van der Waals surface area contributed by atoms with Gasteiger partial charge in [0, 0.05) is 31.0 Å². The van der Waals surface area contributed by atoms with E-state index in [0.717, 1.165) is 0 Å². The lowest BCUT2D eigenvalue weighted by Gasteiger charge is -2.22. The number of thiophene rings is 1. The first-order valence-electron chi connectivity index (χ1n) is 19.6. The van der Waals surface area contributed by atoms with Gasteiger partial charge in [-0.05, 0) is 112 Å². The van der Waals surface area contributed by atoms with Gasteiger partial charge in [0.2, 0.25) is 0 Å². The Morgan fingerprint density at radius 1 is 0.339 bits per heavy atom. The highest BCUT2D eigenvalue weighted by Gasteiger charge is 2.37. The summed E-state index contributed by atoms with van der Waals surface area (Å²) in [5.41, 5.74) is 13.2. The monoisotopic (exact) mass is 728 g/mol. The van der Waals surface area contributed by atoms with E-state index in [1.165, 1.54) is 119 Å². The van der Waals surface area contributed by atoms with Crippen LogP contribution in [-0.2, 0) is 5.41 Å². The molecule has 0 fully saturated rings. The summed E-state index contributed by atoms with van der Waals surface area (Å²) in [6.45, 7) is 4.81. The number of benzene rings is 10. The maximum Gasteiger partial charge on any atom is 0.0434 e. The quantitative estimate of drug-likeness (QED) is 0.159. The molecule has 1 heterocycles. The molecule has 1 aliphatic rings. The van der Waals surface area contributed by atoms with Crippen LogP contribution in [0.4, 0.5) is 0 Å². The van der Waals surface area contributed by atoms with E-state index >= 15 is 0 Å². The van der Waals surface area contributed by atoms with E-state index in [0.29, 0.717) is 0 Å². The Morgan fingerprint density at radius 3 is 1.54 bits per heavy atom. The summed E-state index contributed by atoms with van der Waals surface area (Å²) in [4.78, 5) is 0. The summed E-state index contributed by atoms with van der Waals surface area (Å²) in [7, 11) is 0. The molecule has 0 radical (unpaired) electrons. The van der Waals surface area contributed by atoms with Crippen molar-refractivity contribution in [1.82, 2.24) is 0 Å². The van der Waals surface area contributed by atoms with Gasteiger partial charge in [-0.15, -0.1) is 11.3 Å². The molecule has 0 saturated carbocycles. The van der Waals surface area contributed by atoms with Crippen LogP contribution in [0.25, 0.3) is 108 Å². The zero-order valence-electron chi connectivity index (χ0n) is 31.2. The molecule has 0 spiro atoms. The molecule has 0 amide bonds. The number of fused-ring (bicyclic) bond motifs is 12. The summed E-state index contributed by atoms with van der Waals surface area (Å²) in [6.07, 6.45) is 0. The van der Waals surface area contributed by atoms with Crippen LogP contribution in [0.2, 0.25) is 0 Å². The first kappa shape index (κ1) is 31.8. The Bertz CT molecular complexity index is 3380. The molecule has 0 nitrogen and oxygen atoms in total. The Kier molecular flexibility index (Phi) is 6.66. The molecule has 0 unspecified atom stereocenters. The van der Waals surface area contributed by atoms with E-state index in [-0.39, 0.29) is 5.41 Å². The lowest BCUT2D eigenvalue weighted by atomic mass is 9.81. The molecule has 1 aliphatic carbocycles. The molecule has 0 bridgehead atoms. The maximum absolute atomic E-state index is 2.53. The van der Waals surface area contributed by atoms with Gasteiger partial charge in [-0.3, -0.25) is 0 Å². The summed E-state index contributed by atoms with van der Waals surface area (Å²) >= 11 is 1.98. The fourth-order valence-corrected chi connectivity index (χ4v) is 11.6. The van der Waals surface area contributed by atoms with Crippen molar-refractivity contribution >= 4 is 74.6 Å². The van der Waals surface area contributed by atoms with Crippen LogP contribution < -0.4 is 0 Å². The Hall–Kier alpha value is -6.54. The third-order valence-electron chi connectivity index (χ3n) is 12.6. The van der Waals surface area contributed by atoms with Crippen molar-refractivity contribution in [2.75, 3.05) is 0 Å². The highest BCUT2D eigenvalue weighted by atomic mass is 32.1. The number of rotatable bonds is 3. The third-order valence-corrected chi connectivity index (χ3v) is 13.9. The molecule has 56 heavy (non-hydrogen) atoms. The molecule has 0 N–H and O–H groups in total. The molecule has 0 saturated heterocycles. The van der Waals surface area contributed by atoms with Gasteiger partial charge >= 0.3 is 0 Å². The number of hydrogen-bond donors (Lipinski definition) is 0. The van der Waals surface area contributed by atoms with Gasteiger partial charge in [0.1, 0.15) is 0 Å². The number of hydrogen-bond acceptors (Lipinski definition) is 1. The summed E-state index contributed by atoms with van der Waals surface area (Å²) in [5, 5.41) is 12.9. The summed E-state index contributed by atoms with van der Waals surface area (Å²) < 4.78 is 2.78. The molecule has 10 aromatic carbocycles. The minimum absolute atomic E-state index is 0.0749. The lowest BCUT2D eigenvalue weighted by Crippen LogP contribution is -2.14. The van der Waals surface area contributed by atoms with E-state index in [1.807, 2.05) is 11.3 Å². The van der Waals surface area contributed by atoms with Crippen LogP contribution in [0.3, 0.4) is 0 Å². The fraction of sp³-hybridized carbons (Fsp3) is 0.0545. The van der Waals surface area contributed by atoms with Gasteiger partial charge in [0.05, 0.1) is 0 Å². The highest BCUT2D eigenvalue weighted by Crippen LogP contribution is 2.56.